The van der Waals surface area contributed by atoms with Gasteiger partial charge in [0.1, 0.15) is 5.82 Å². The lowest BCUT2D eigenvalue weighted by Gasteiger charge is -2.34. The minimum atomic E-state index is -1.82. The first kappa shape index (κ1) is 23.0. The van der Waals surface area contributed by atoms with E-state index in [1.165, 1.54) is 17.2 Å². The topological polar surface area (TPSA) is 98.2 Å². The van der Waals surface area contributed by atoms with Crippen LogP contribution in [0, 0.1) is 5.82 Å². The van der Waals surface area contributed by atoms with Gasteiger partial charge in [0, 0.05) is 32.7 Å². The predicted octanol–water partition coefficient (Wildman–Crippen LogP) is 2.50. The Bertz CT molecular complexity index is 865. The highest BCUT2D eigenvalue weighted by Gasteiger charge is 2.23. The number of halogens is 1. The molecule has 30 heavy (non-hydrogen) atoms. The van der Waals surface area contributed by atoms with Crippen LogP contribution in [-0.4, -0.2) is 64.0 Å². The van der Waals surface area contributed by atoms with Crippen molar-refractivity contribution in [3.8, 4) is 0 Å². The molecule has 1 heterocycles. The summed E-state index contributed by atoms with van der Waals surface area (Å²) in [5, 5.41) is 14.8. The number of piperazine rings is 1. The molecule has 2 N–H and O–H groups in total. The van der Waals surface area contributed by atoms with E-state index >= 15 is 0 Å². The first-order chi connectivity index (χ1) is 14.3. The molecule has 2 aromatic rings. The zero-order valence-electron chi connectivity index (χ0n) is 16.8. The molecule has 1 aliphatic rings. The second kappa shape index (κ2) is 11.1. The number of aryl methyl sites for hydroxylation is 1. The number of carboxylic acid groups (broad SMARTS) is 2. The number of benzene rings is 2. The molecule has 3 rings (SSSR count). The summed E-state index contributed by atoms with van der Waals surface area (Å²) in [5.74, 6) is -4.30. The minimum Gasteiger partial charge on any atom is -0.473 e. The van der Waals surface area contributed by atoms with E-state index in [1.807, 2.05) is 0 Å². The number of nitrogens with zero attached hydrogens (tertiary/aromatic N) is 2. The number of rotatable bonds is 4. The fraction of sp³-hybridized carbons (Fsp3) is 0.318. The van der Waals surface area contributed by atoms with E-state index in [4.69, 9.17) is 19.8 Å². The number of carbonyl (C=O) groups is 3. The van der Waals surface area contributed by atoms with Gasteiger partial charge in [-0.1, -0.05) is 43.3 Å². The lowest BCUT2D eigenvalue weighted by atomic mass is 10.1. The molecule has 0 radical (unpaired) electrons. The average molecular weight is 416 g/mol. The van der Waals surface area contributed by atoms with Gasteiger partial charge >= 0.3 is 11.9 Å². The largest absolute Gasteiger partial charge is 0.473 e. The van der Waals surface area contributed by atoms with Crippen molar-refractivity contribution < 1.29 is 29.0 Å². The normalized spacial score (nSPS) is 13.9. The molecule has 7 nitrogen and oxygen atoms in total. The zero-order chi connectivity index (χ0) is 22.1. The van der Waals surface area contributed by atoms with E-state index in [0.29, 0.717) is 13.1 Å². The van der Waals surface area contributed by atoms with Gasteiger partial charge in [0.15, 0.2) is 0 Å². The van der Waals surface area contributed by atoms with Gasteiger partial charge in [-0.2, -0.15) is 0 Å². The van der Waals surface area contributed by atoms with Crippen LogP contribution in [0.3, 0.4) is 0 Å². The number of hydrogen-bond acceptors (Lipinski definition) is 4. The Hall–Kier alpha value is -3.26. The molecule has 1 fully saturated rings. The summed E-state index contributed by atoms with van der Waals surface area (Å²) < 4.78 is 13.8. The highest BCUT2D eigenvalue weighted by atomic mass is 19.1. The molecular formula is C22H25FN2O5. The van der Waals surface area contributed by atoms with Crippen molar-refractivity contribution in [2.45, 2.75) is 19.9 Å². The first-order valence-electron chi connectivity index (χ1n) is 9.62. The first-order valence-corrected chi connectivity index (χ1v) is 9.62. The SMILES string of the molecule is CCc1ccc(CN2CCN(C(=O)c3ccccc3F)CC2)cc1.O=C(O)C(=O)O. The van der Waals surface area contributed by atoms with Crippen LogP contribution >= 0.6 is 0 Å². The highest BCUT2D eigenvalue weighted by Crippen LogP contribution is 2.14. The van der Waals surface area contributed by atoms with Gasteiger partial charge in [0.2, 0.25) is 0 Å². The summed E-state index contributed by atoms with van der Waals surface area (Å²) >= 11 is 0. The molecular weight excluding hydrogens is 391 g/mol. The average Bonchev–Trinajstić information content (AvgIpc) is 2.75. The molecule has 0 aliphatic carbocycles. The number of aliphatic carboxylic acids is 2. The van der Waals surface area contributed by atoms with E-state index in [1.54, 1.807) is 23.1 Å². The monoisotopic (exact) mass is 416 g/mol. The standard InChI is InChI=1S/C20H23FN2O.C2H2O4/c1-2-16-7-9-17(10-8-16)15-22-11-13-23(14-12-22)20(24)18-5-3-4-6-19(18)21;3-1(4)2(5)6/h3-10H,2,11-15H2,1H3;(H,3,4)(H,5,6). The molecule has 1 amide bonds. The summed E-state index contributed by atoms with van der Waals surface area (Å²) in [6.45, 7) is 5.96. The Balaban J connectivity index is 0.000000469. The van der Waals surface area contributed by atoms with Crippen molar-refractivity contribution in [3.05, 3.63) is 71.0 Å². The van der Waals surface area contributed by atoms with Crippen LogP contribution in [0.25, 0.3) is 0 Å². The van der Waals surface area contributed by atoms with Crippen LogP contribution in [0.5, 0.6) is 0 Å². The van der Waals surface area contributed by atoms with E-state index in [9.17, 15) is 9.18 Å². The number of carboxylic acids is 2. The second-order valence-corrected chi connectivity index (χ2v) is 6.83. The fourth-order valence-electron chi connectivity index (χ4n) is 3.05. The van der Waals surface area contributed by atoms with Crippen molar-refractivity contribution in [3.63, 3.8) is 0 Å². The number of amides is 1. The summed E-state index contributed by atoms with van der Waals surface area (Å²) in [6.07, 6.45) is 1.05. The Morgan fingerprint density at radius 2 is 1.40 bits per heavy atom. The van der Waals surface area contributed by atoms with Crippen molar-refractivity contribution in [2.75, 3.05) is 26.2 Å². The van der Waals surface area contributed by atoms with Gasteiger partial charge in [-0.05, 0) is 29.7 Å². The molecule has 0 aromatic heterocycles. The third kappa shape index (κ3) is 6.66. The maximum absolute atomic E-state index is 13.8. The van der Waals surface area contributed by atoms with E-state index in [2.05, 4.69) is 36.1 Å². The molecule has 160 valence electrons. The van der Waals surface area contributed by atoms with Crippen LogP contribution in [0.2, 0.25) is 0 Å². The summed E-state index contributed by atoms with van der Waals surface area (Å²) in [5.41, 5.74) is 2.81. The highest BCUT2D eigenvalue weighted by molar-refractivity contribution is 6.27. The van der Waals surface area contributed by atoms with Gasteiger partial charge in [0.25, 0.3) is 5.91 Å². The van der Waals surface area contributed by atoms with Crippen molar-refractivity contribution >= 4 is 17.8 Å². The number of carbonyl (C=O) groups excluding carboxylic acids is 1. The Kier molecular flexibility index (Phi) is 8.49. The maximum atomic E-state index is 13.8. The second-order valence-electron chi connectivity index (χ2n) is 6.83. The third-order valence-corrected chi connectivity index (χ3v) is 4.78. The molecule has 2 aromatic carbocycles. The predicted molar refractivity (Wildman–Crippen MR) is 109 cm³/mol. The van der Waals surface area contributed by atoms with E-state index < -0.39 is 17.8 Å². The van der Waals surface area contributed by atoms with Crippen molar-refractivity contribution in [1.29, 1.82) is 0 Å². The molecule has 1 saturated heterocycles. The van der Waals surface area contributed by atoms with Gasteiger partial charge < -0.3 is 15.1 Å². The van der Waals surface area contributed by atoms with Crippen LogP contribution in [0.4, 0.5) is 4.39 Å². The zero-order valence-corrected chi connectivity index (χ0v) is 16.8. The quantitative estimate of drug-likeness (QED) is 0.744. The fourth-order valence-corrected chi connectivity index (χ4v) is 3.05. The maximum Gasteiger partial charge on any atom is 0.414 e. The molecule has 0 unspecified atom stereocenters. The molecule has 0 saturated carbocycles. The van der Waals surface area contributed by atoms with E-state index in [-0.39, 0.29) is 11.5 Å². The Morgan fingerprint density at radius 1 is 0.867 bits per heavy atom. The van der Waals surface area contributed by atoms with Gasteiger partial charge in [-0.15, -0.1) is 0 Å². The van der Waals surface area contributed by atoms with Crippen molar-refractivity contribution in [1.82, 2.24) is 9.80 Å². The molecule has 1 aliphatic heterocycles. The lowest BCUT2D eigenvalue weighted by molar-refractivity contribution is -0.159. The number of hydrogen-bond donors (Lipinski definition) is 2. The van der Waals surface area contributed by atoms with E-state index in [0.717, 1.165) is 26.1 Å². The summed E-state index contributed by atoms with van der Waals surface area (Å²) in [7, 11) is 0. The smallest absolute Gasteiger partial charge is 0.414 e. The Morgan fingerprint density at radius 3 is 1.90 bits per heavy atom. The molecule has 0 bridgehead atoms. The molecule has 0 atom stereocenters. The van der Waals surface area contributed by atoms with Crippen LogP contribution in [0.15, 0.2) is 48.5 Å². The summed E-state index contributed by atoms with van der Waals surface area (Å²) in [6, 6.07) is 14.9. The van der Waals surface area contributed by atoms with Gasteiger partial charge in [-0.25, -0.2) is 14.0 Å². The molecule has 0 spiro atoms. The molecule has 8 heteroatoms. The van der Waals surface area contributed by atoms with Crippen LogP contribution in [0.1, 0.15) is 28.4 Å². The van der Waals surface area contributed by atoms with Crippen LogP contribution in [-0.2, 0) is 22.6 Å². The van der Waals surface area contributed by atoms with Crippen LogP contribution < -0.4 is 0 Å². The van der Waals surface area contributed by atoms with Gasteiger partial charge in [0.05, 0.1) is 5.56 Å². The lowest BCUT2D eigenvalue weighted by Crippen LogP contribution is -2.48. The summed E-state index contributed by atoms with van der Waals surface area (Å²) in [4.78, 5) is 34.7. The van der Waals surface area contributed by atoms with Gasteiger partial charge in [-0.3, -0.25) is 9.69 Å². The third-order valence-electron chi connectivity index (χ3n) is 4.78. The minimum absolute atomic E-state index is 0.168. The van der Waals surface area contributed by atoms with Crippen molar-refractivity contribution in [2.24, 2.45) is 0 Å². The Labute approximate surface area is 174 Å².